The van der Waals surface area contributed by atoms with Gasteiger partial charge in [-0.1, -0.05) is 0 Å². The van der Waals surface area contributed by atoms with Gasteiger partial charge in [0.2, 0.25) is 0 Å². The smallest absolute Gasteiger partial charge is 0.0811 e. The van der Waals surface area contributed by atoms with Crippen LogP contribution in [0, 0.1) is 0 Å². The number of hydrogen-bond acceptors (Lipinski definition) is 3. The van der Waals surface area contributed by atoms with Crippen molar-refractivity contribution in [3.63, 3.8) is 0 Å². The van der Waals surface area contributed by atoms with Crippen LogP contribution in [0.3, 0.4) is 0 Å². The highest BCUT2D eigenvalue weighted by atomic mass is 16.3. The van der Waals surface area contributed by atoms with Gasteiger partial charge in [0.15, 0.2) is 0 Å². The summed E-state index contributed by atoms with van der Waals surface area (Å²) < 4.78 is 0. The lowest BCUT2D eigenvalue weighted by molar-refractivity contribution is 0.0135. The van der Waals surface area contributed by atoms with Crippen molar-refractivity contribution in [1.29, 1.82) is 0 Å². The van der Waals surface area contributed by atoms with Crippen molar-refractivity contribution in [2.24, 2.45) is 0 Å². The van der Waals surface area contributed by atoms with E-state index in [1.54, 1.807) is 6.92 Å². The van der Waals surface area contributed by atoms with Crippen molar-refractivity contribution in [1.82, 2.24) is 4.90 Å². The molecule has 0 rings (SSSR count). The predicted molar refractivity (Wildman–Crippen MR) is 45.5 cm³/mol. The molecule has 0 spiro atoms. The van der Waals surface area contributed by atoms with E-state index in [4.69, 9.17) is 5.11 Å². The molecule has 0 aromatic carbocycles. The molecule has 0 aliphatic rings. The summed E-state index contributed by atoms with van der Waals surface area (Å²) in [6.45, 7) is 3.62. The molecule has 0 amide bonds. The van der Waals surface area contributed by atoms with Gasteiger partial charge in [0.05, 0.1) is 12.2 Å². The molecule has 3 heteroatoms. The summed E-state index contributed by atoms with van der Waals surface area (Å²) in [7, 11) is 3.92. The summed E-state index contributed by atoms with van der Waals surface area (Å²) in [4.78, 5) is 2.02. The SMILES string of the molecule is CC(O)C(O)CC(C)N(C)C. The highest BCUT2D eigenvalue weighted by Crippen LogP contribution is 2.05. The molecule has 0 aromatic rings. The zero-order chi connectivity index (χ0) is 9.02. The van der Waals surface area contributed by atoms with E-state index in [1.165, 1.54) is 0 Å². The Balaban J connectivity index is 3.66. The summed E-state index contributed by atoms with van der Waals surface area (Å²) in [5.74, 6) is 0. The topological polar surface area (TPSA) is 43.7 Å². The maximum atomic E-state index is 9.27. The van der Waals surface area contributed by atoms with Crippen molar-refractivity contribution in [2.45, 2.75) is 38.5 Å². The van der Waals surface area contributed by atoms with Crippen molar-refractivity contribution in [2.75, 3.05) is 14.1 Å². The molecule has 0 radical (unpaired) electrons. The van der Waals surface area contributed by atoms with Gasteiger partial charge in [0.1, 0.15) is 0 Å². The van der Waals surface area contributed by atoms with Gasteiger partial charge in [-0.15, -0.1) is 0 Å². The molecule has 0 fully saturated rings. The first-order chi connectivity index (χ1) is 4.95. The number of aliphatic hydroxyl groups excluding tert-OH is 2. The highest BCUT2D eigenvalue weighted by Gasteiger charge is 2.15. The lowest BCUT2D eigenvalue weighted by atomic mass is 10.1. The Morgan fingerprint density at radius 2 is 1.64 bits per heavy atom. The van der Waals surface area contributed by atoms with E-state index in [0.29, 0.717) is 12.5 Å². The first-order valence-corrected chi connectivity index (χ1v) is 3.97. The molecule has 3 atom stereocenters. The minimum absolute atomic E-state index is 0.305. The molecule has 3 nitrogen and oxygen atoms in total. The molecule has 0 aromatic heterocycles. The Hall–Kier alpha value is -0.120. The lowest BCUT2D eigenvalue weighted by Crippen LogP contribution is -2.33. The fourth-order valence-corrected chi connectivity index (χ4v) is 0.757. The van der Waals surface area contributed by atoms with Gasteiger partial charge in [0, 0.05) is 6.04 Å². The van der Waals surface area contributed by atoms with Gasteiger partial charge in [-0.2, -0.15) is 0 Å². The largest absolute Gasteiger partial charge is 0.391 e. The summed E-state index contributed by atoms with van der Waals surface area (Å²) in [6.07, 6.45) is -0.616. The van der Waals surface area contributed by atoms with E-state index in [9.17, 15) is 5.11 Å². The van der Waals surface area contributed by atoms with E-state index in [2.05, 4.69) is 0 Å². The number of aliphatic hydroxyl groups is 2. The molecular formula is C8H19NO2. The number of hydrogen-bond donors (Lipinski definition) is 2. The fraction of sp³-hybridized carbons (Fsp3) is 1.00. The molecule has 0 saturated carbocycles. The monoisotopic (exact) mass is 161 g/mol. The van der Waals surface area contributed by atoms with Crippen LogP contribution in [-0.2, 0) is 0 Å². The van der Waals surface area contributed by atoms with E-state index in [0.717, 1.165) is 0 Å². The van der Waals surface area contributed by atoms with Crippen LogP contribution in [0.4, 0.5) is 0 Å². The van der Waals surface area contributed by atoms with E-state index in [-0.39, 0.29) is 0 Å². The average Bonchev–Trinajstić information content (AvgIpc) is 1.87. The van der Waals surface area contributed by atoms with E-state index in [1.807, 2.05) is 25.9 Å². The Labute approximate surface area is 68.6 Å². The molecule has 0 saturated heterocycles. The van der Waals surface area contributed by atoms with Crippen molar-refractivity contribution in [3.05, 3.63) is 0 Å². The molecule has 2 N–H and O–H groups in total. The Morgan fingerprint density at radius 3 is 1.91 bits per heavy atom. The zero-order valence-electron chi connectivity index (χ0n) is 7.78. The van der Waals surface area contributed by atoms with Crippen LogP contribution in [-0.4, -0.2) is 47.5 Å². The summed E-state index contributed by atoms with van der Waals surface area (Å²) in [5.41, 5.74) is 0. The molecule has 3 unspecified atom stereocenters. The van der Waals surface area contributed by atoms with Gasteiger partial charge in [-0.3, -0.25) is 0 Å². The van der Waals surface area contributed by atoms with Gasteiger partial charge < -0.3 is 15.1 Å². The molecule has 11 heavy (non-hydrogen) atoms. The summed E-state index contributed by atoms with van der Waals surface area (Å²) >= 11 is 0. The Kier molecular flexibility index (Phi) is 4.65. The lowest BCUT2D eigenvalue weighted by Gasteiger charge is -2.23. The van der Waals surface area contributed by atoms with Crippen LogP contribution in [0.1, 0.15) is 20.3 Å². The normalized spacial score (nSPS) is 19.9. The van der Waals surface area contributed by atoms with Crippen LogP contribution in [0.15, 0.2) is 0 Å². The van der Waals surface area contributed by atoms with Gasteiger partial charge in [0.25, 0.3) is 0 Å². The highest BCUT2D eigenvalue weighted by molar-refractivity contribution is 4.69. The minimum Gasteiger partial charge on any atom is -0.391 e. The quantitative estimate of drug-likeness (QED) is 0.613. The zero-order valence-corrected chi connectivity index (χ0v) is 7.78. The molecular weight excluding hydrogens is 142 g/mol. The molecule has 0 heterocycles. The third-order valence-corrected chi connectivity index (χ3v) is 2.02. The predicted octanol–water partition coefficient (Wildman–Crippen LogP) is 0.0683. The molecule has 68 valence electrons. The first-order valence-electron chi connectivity index (χ1n) is 3.97. The van der Waals surface area contributed by atoms with Crippen molar-refractivity contribution in [3.8, 4) is 0 Å². The van der Waals surface area contributed by atoms with Gasteiger partial charge in [-0.05, 0) is 34.4 Å². The van der Waals surface area contributed by atoms with Crippen molar-refractivity contribution < 1.29 is 10.2 Å². The van der Waals surface area contributed by atoms with E-state index < -0.39 is 12.2 Å². The number of nitrogens with zero attached hydrogens (tertiary/aromatic N) is 1. The van der Waals surface area contributed by atoms with Gasteiger partial charge in [-0.25, -0.2) is 0 Å². The maximum absolute atomic E-state index is 9.27. The standard InChI is InChI=1S/C8H19NO2/c1-6(9(3)4)5-8(11)7(2)10/h6-8,10-11H,5H2,1-4H3. The third-order valence-electron chi connectivity index (χ3n) is 2.02. The van der Waals surface area contributed by atoms with Crippen LogP contribution in [0.25, 0.3) is 0 Å². The van der Waals surface area contributed by atoms with Crippen LogP contribution >= 0.6 is 0 Å². The second-order valence-electron chi connectivity index (χ2n) is 3.36. The average molecular weight is 161 g/mol. The van der Waals surface area contributed by atoms with Crippen LogP contribution < -0.4 is 0 Å². The van der Waals surface area contributed by atoms with E-state index >= 15 is 0 Å². The Bertz CT molecular complexity index is 92.3. The second-order valence-corrected chi connectivity index (χ2v) is 3.36. The summed E-state index contributed by atoms with van der Waals surface area (Å²) in [6, 6.07) is 0.305. The minimum atomic E-state index is -0.627. The summed E-state index contributed by atoms with van der Waals surface area (Å²) in [5, 5.41) is 18.3. The fourth-order valence-electron chi connectivity index (χ4n) is 0.757. The van der Waals surface area contributed by atoms with Crippen molar-refractivity contribution >= 4 is 0 Å². The molecule has 0 bridgehead atoms. The van der Waals surface area contributed by atoms with Gasteiger partial charge >= 0.3 is 0 Å². The van der Waals surface area contributed by atoms with Crippen LogP contribution in [0.5, 0.6) is 0 Å². The molecule has 0 aliphatic carbocycles. The molecule has 0 aliphatic heterocycles. The van der Waals surface area contributed by atoms with Crippen LogP contribution in [0.2, 0.25) is 0 Å². The maximum Gasteiger partial charge on any atom is 0.0811 e. The number of rotatable bonds is 4. The Morgan fingerprint density at radius 1 is 1.18 bits per heavy atom. The first kappa shape index (κ1) is 10.9. The second kappa shape index (κ2) is 4.70. The third kappa shape index (κ3) is 4.35.